The maximum atomic E-state index is 6.19. The number of aryl methyl sites for hydroxylation is 2. The lowest BCUT2D eigenvalue weighted by Gasteiger charge is -2.19. The number of nitrogens with zero attached hydrogens (tertiary/aromatic N) is 1. The van der Waals surface area contributed by atoms with E-state index in [4.69, 9.17) is 10.5 Å². The summed E-state index contributed by atoms with van der Waals surface area (Å²) in [4.78, 5) is 0. The summed E-state index contributed by atoms with van der Waals surface area (Å²) in [6.45, 7) is 8.58. The molecule has 0 radical (unpaired) electrons. The standard InChI is InChI=1S/C22H28N2O/c1-4-24-15-18(19-8-6-7-9-21(19)24)13-17(14-23)20-12-16(3)10-11-22(20)25-5-2/h6-12,15,17H,4-5,13-14,23H2,1-3H3. The summed E-state index contributed by atoms with van der Waals surface area (Å²) < 4.78 is 8.18. The van der Waals surface area contributed by atoms with E-state index in [-0.39, 0.29) is 5.92 Å². The Labute approximate surface area is 150 Å². The molecule has 1 atom stereocenters. The van der Waals surface area contributed by atoms with Crippen molar-refractivity contribution in [2.24, 2.45) is 5.73 Å². The SMILES string of the molecule is CCOc1ccc(C)cc1C(CN)Cc1cn(CC)c2ccccc12. The van der Waals surface area contributed by atoms with Crippen LogP contribution in [0.1, 0.15) is 36.5 Å². The first-order valence-electron chi connectivity index (χ1n) is 9.18. The van der Waals surface area contributed by atoms with Crippen molar-refractivity contribution in [2.45, 2.75) is 39.7 Å². The molecule has 0 fully saturated rings. The van der Waals surface area contributed by atoms with Gasteiger partial charge in [0.1, 0.15) is 5.75 Å². The molecule has 2 N–H and O–H groups in total. The minimum absolute atomic E-state index is 0.248. The number of benzene rings is 2. The molecule has 3 rings (SSSR count). The van der Waals surface area contributed by atoms with Crippen LogP contribution in [-0.4, -0.2) is 17.7 Å². The van der Waals surface area contributed by atoms with Gasteiger partial charge in [-0.05, 0) is 57.0 Å². The Morgan fingerprint density at radius 2 is 1.92 bits per heavy atom. The summed E-state index contributed by atoms with van der Waals surface area (Å²) in [5.74, 6) is 1.21. The second-order valence-electron chi connectivity index (χ2n) is 6.57. The first-order valence-corrected chi connectivity index (χ1v) is 9.18. The van der Waals surface area contributed by atoms with Gasteiger partial charge in [0.25, 0.3) is 0 Å². The fourth-order valence-corrected chi connectivity index (χ4v) is 3.61. The lowest BCUT2D eigenvalue weighted by Crippen LogP contribution is -2.16. The van der Waals surface area contributed by atoms with E-state index in [0.29, 0.717) is 13.2 Å². The number of ether oxygens (including phenoxy) is 1. The van der Waals surface area contributed by atoms with Gasteiger partial charge in [-0.3, -0.25) is 0 Å². The summed E-state index contributed by atoms with van der Waals surface area (Å²) in [5, 5.41) is 1.33. The zero-order chi connectivity index (χ0) is 17.8. The lowest BCUT2D eigenvalue weighted by atomic mass is 9.90. The molecule has 1 heterocycles. The maximum absolute atomic E-state index is 6.19. The van der Waals surface area contributed by atoms with Crippen LogP contribution in [0.3, 0.4) is 0 Å². The second-order valence-corrected chi connectivity index (χ2v) is 6.57. The quantitative estimate of drug-likeness (QED) is 0.682. The summed E-state index contributed by atoms with van der Waals surface area (Å²) in [6, 6.07) is 15.0. The average Bonchev–Trinajstić information content (AvgIpc) is 2.99. The highest BCUT2D eigenvalue weighted by Gasteiger charge is 2.18. The van der Waals surface area contributed by atoms with Crippen LogP contribution in [0.2, 0.25) is 0 Å². The van der Waals surface area contributed by atoms with Gasteiger partial charge in [-0.1, -0.05) is 35.9 Å². The second kappa shape index (κ2) is 7.75. The van der Waals surface area contributed by atoms with Crippen molar-refractivity contribution in [1.82, 2.24) is 4.57 Å². The molecule has 0 aliphatic rings. The number of hydrogen-bond acceptors (Lipinski definition) is 2. The van der Waals surface area contributed by atoms with E-state index in [1.54, 1.807) is 0 Å². The van der Waals surface area contributed by atoms with Crippen LogP contribution in [0.5, 0.6) is 5.75 Å². The van der Waals surface area contributed by atoms with Crippen molar-refractivity contribution in [3.8, 4) is 5.75 Å². The molecule has 0 saturated carbocycles. The maximum Gasteiger partial charge on any atom is 0.122 e. The number of hydrogen-bond donors (Lipinski definition) is 1. The smallest absolute Gasteiger partial charge is 0.122 e. The molecule has 0 spiro atoms. The lowest BCUT2D eigenvalue weighted by molar-refractivity contribution is 0.334. The largest absolute Gasteiger partial charge is 0.494 e. The average molecular weight is 336 g/mol. The molecule has 0 aliphatic heterocycles. The van der Waals surface area contributed by atoms with Crippen molar-refractivity contribution in [1.29, 1.82) is 0 Å². The van der Waals surface area contributed by atoms with Gasteiger partial charge in [0.05, 0.1) is 6.61 Å². The summed E-state index contributed by atoms with van der Waals surface area (Å²) in [6.07, 6.45) is 3.21. The molecular formula is C22H28N2O. The van der Waals surface area contributed by atoms with Crippen LogP contribution in [0.4, 0.5) is 0 Å². The molecule has 3 aromatic rings. The van der Waals surface area contributed by atoms with Gasteiger partial charge in [-0.15, -0.1) is 0 Å². The van der Waals surface area contributed by atoms with Crippen LogP contribution < -0.4 is 10.5 Å². The molecule has 1 aromatic heterocycles. The number of aromatic nitrogens is 1. The number of rotatable bonds is 7. The zero-order valence-corrected chi connectivity index (χ0v) is 15.5. The van der Waals surface area contributed by atoms with Crippen molar-refractivity contribution in [3.05, 3.63) is 65.4 Å². The van der Waals surface area contributed by atoms with Crippen molar-refractivity contribution >= 4 is 10.9 Å². The Morgan fingerprint density at radius 3 is 2.64 bits per heavy atom. The Balaban J connectivity index is 2.00. The third kappa shape index (κ3) is 3.57. The van der Waals surface area contributed by atoms with E-state index < -0.39 is 0 Å². The normalized spacial score (nSPS) is 12.5. The fraction of sp³-hybridized carbons (Fsp3) is 0.364. The van der Waals surface area contributed by atoms with Crippen molar-refractivity contribution in [2.75, 3.05) is 13.2 Å². The molecule has 0 amide bonds. The third-order valence-electron chi connectivity index (χ3n) is 4.87. The van der Waals surface area contributed by atoms with Gasteiger partial charge in [0.15, 0.2) is 0 Å². The van der Waals surface area contributed by atoms with Crippen molar-refractivity contribution in [3.63, 3.8) is 0 Å². The number of fused-ring (bicyclic) bond motifs is 1. The molecule has 3 heteroatoms. The highest BCUT2D eigenvalue weighted by molar-refractivity contribution is 5.84. The Morgan fingerprint density at radius 1 is 1.12 bits per heavy atom. The van der Waals surface area contributed by atoms with E-state index in [1.165, 1.54) is 27.6 Å². The monoisotopic (exact) mass is 336 g/mol. The topological polar surface area (TPSA) is 40.2 Å². The van der Waals surface area contributed by atoms with Gasteiger partial charge in [-0.25, -0.2) is 0 Å². The Hall–Kier alpha value is -2.26. The molecule has 2 aromatic carbocycles. The first-order chi connectivity index (χ1) is 12.2. The zero-order valence-electron chi connectivity index (χ0n) is 15.5. The molecule has 1 unspecified atom stereocenters. The molecular weight excluding hydrogens is 308 g/mol. The number of nitrogens with two attached hydrogens (primary N) is 1. The van der Waals surface area contributed by atoms with Gasteiger partial charge >= 0.3 is 0 Å². The van der Waals surface area contributed by atoms with Crippen LogP contribution in [0, 0.1) is 6.92 Å². The van der Waals surface area contributed by atoms with Gasteiger partial charge in [0.2, 0.25) is 0 Å². The van der Waals surface area contributed by atoms with E-state index in [2.05, 4.69) is 67.1 Å². The first kappa shape index (κ1) is 17.6. The molecule has 0 saturated heterocycles. The van der Waals surface area contributed by atoms with Crippen LogP contribution in [0.15, 0.2) is 48.7 Å². The Kier molecular flexibility index (Phi) is 5.44. The van der Waals surface area contributed by atoms with E-state index in [0.717, 1.165) is 18.7 Å². The molecule has 3 nitrogen and oxygen atoms in total. The summed E-state index contributed by atoms with van der Waals surface area (Å²) in [5.41, 5.74) is 11.3. The summed E-state index contributed by atoms with van der Waals surface area (Å²) in [7, 11) is 0. The molecule has 132 valence electrons. The third-order valence-corrected chi connectivity index (χ3v) is 4.87. The molecule has 0 bridgehead atoms. The van der Waals surface area contributed by atoms with Crippen LogP contribution in [0.25, 0.3) is 10.9 Å². The van der Waals surface area contributed by atoms with Gasteiger partial charge < -0.3 is 15.0 Å². The van der Waals surface area contributed by atoms with E-state index >= 15 is 0 Å². The highest BCUT2D eigenvalue weighted by Crippen LogP contribution is 2.32. The molecule has 0 aliphatic carbocycles. The van der Waals surface area contributed by atoms with Crippen LogP contribution >= 0.6 is 0 Å². The van der Waals surface area contributed by atoms with Gasteiger partial charge in [0, 0.05) is 29.6 Å². The predicted molar refractivity (Wildman–Crippen MR) is 105 cm³/mol. The highest BCUT2D eigenvalue weighted by atomic mass is 16.5. The summed E-state index contributed by atoms with van der Waals surface area (Å²) >= 11 is 0. The predicted octanol–water partition coefficient (Wildman–Crippen LogP) is 4.65. The van der Waals surface area contributed by atoms with Crippen molar-refractivity contribution < 1.29 is 4.74 Å². The Bertz CT molecular complexity index is 850. The fourth-order valence-electron chi connectivity index (χ4n) is 3.61. The van der Waals surface area contributed by atoms with Crippen LogP contribution in [-0.2, 0) is 13.0 Å². The molecule has 25 heavy (non-hydrogen) atoms. The minimum Gasteiger partial charge on any atom is -0.494 e. The van der Waals surface area contributed by atoms with E-state index in [9.17, 15) is 0 Å². The van der Waals surface area contributed by atoms with E-state index in [1.807, 2.05) is 6.92 Å². The number of para-hydroxylation sites is 1. The minimum atomic E-state index is 0.248. The van der Waals surface area contributed by atoms with Gasteiger partial charge in [-0.2, -0.15) is 0 Å².